The molecule has 3 heterocycles. The van der Waals surface area contributed by atoms with Crippen LogP contribution in [0.2, 0.25) is 0 Å². The summed E-state index contributed by atoms with van der Waals surface area (Å²) >= 11 is 1.44. The predicted octanol–water partition coefficient (Wildman–Crippen LogP) is 4.35. The van der Waals surface area contributed by atoms with Crippen LogP contribution < -0.4 is 0 Å². The van der Waals surface area contributed by atoms with Crippen LogP contribution in [-0.2, 0) is 16.0 Å². The number of para-hydroxylation sites is 1. The van der Waals surface area contributed by atoms with Gasteiger partial charge in [0.15, 0.2) is 6.10 Å². The molecular weight excluding hydrogens is 386 g/mol. The van der Waals surface area contributed by atoms with Gasteiger partial charge in [-0.1, -0.05) is 18.2 Å². The van der Waals surface area contributed by atoms with Gasteiger partial charge in [-0.05, 0) is 32.0 Å². The lowest BCUT2D eigenvalue weighted by Crippen LogP contribution is -2.25. The minimum atomic E-state index is -0.878. The van der Waals surface area contributed by atoms with Crippen molar-refractivity contribution in [3.63, 3.8) is 0 Å². The van der Waals surface area contributed by atoms with Gasteiger partial charge in [0.05, 0.1) is 12.1 Å². The van der Waals surface area contributed by atoms with Crippen LogP contribution in [0.1, 0.15) is 28.7 Å². The Morgan fingerprint density at radius 1 is 1.21 bits per heavy atom. The molecular formula is C22H19N3O3S. The van der Waals surface area contributed by atoms with Gasteiger partial charge in [0, 0.05) is 45.5 Å². The van der Waals surface area contributed by atoms with Crippen LogP contribution in [-0.4, -0.2) is 32.8 Å². The Morgan fingerprint density at radius 3 is 2.83 bits per heavy atom. The Morgan fingerprint density at radius 2 is 2.03 bits per heavy atom. The molecule has 0 unspecified atom stereocenters. The van der Waals surface area contributed by atoms with Crippen molar-refractivity contribution in [1.29, 1.82) is 0 Å². The number of hydrogen-bond donors (Lipinski definition) is 1. The maximum atomic E-state index is 12.9. The summed E-state index contributed by atoms with van der Waals surface area (Å²) in [7, 11) is 0. The first kappa shape index (κ1) is 19.0. The largest absolute Gasteiger partial charge is 0.454 e. The van der Waals surface area contributed by atoms with Gasteiger partial charge in [0.25, 0.3) is 0 Å². The highest BCUT2D eigenvalue weighted by atomic mass is 32.1. The van der Waals surface area contributed by atoms with Gasteiger partial charge in [0.1, 0.15) is 5.01 Å². The number of rotatable bonds is 6. The first-order valence-electron chi connectivity index (χ1n) is 9.18. The van der Waals surface area contributed by atoms with Crippen molar-refractivity contribution in [3.05, 3.63) is 71.1 Å². The third-order valence-corrected chi connectivity index (χ3v) is 5.54. The lowest BCUT2D eigenvalue weighted by molar-refractivity contribution is -0.145. The number of carbonyl (C=O) groups excluding carboxylic acids is 2. The molecule has 0 aliphatic carbocycles. The molecule has 0 aliphatic rings. The number of H-pyrrole nitrogens is 1. The zero-order chi connectivity index (χ0) is 20.4. The van der Waals surface area contributed by atoms with Crippen LogP contribution in [0.4, 0.5) is 0 Å². The standard InChI is InChI=1S/C22H19N3O3S/c1-13-20(17-7-3-4-8-18(17)24-13)21(27)14(2)28-19(26)10-16-12-29-22(25-16)15-6-5-9-23-11-15/h3-9,11-12,14,24H,10H2,1-2H3/t14-/m0/s1. The van der Waals surface area contributed by atoms with E-state index >= 15 is 0 Å². The number of aromatic amines is 1. The smallest absolute Gasteiger partial charge is 0.312 e. The van der Waals surface area contributed by atoms with Crippen molar-refractivity contribution >= 4 is 34.0 Å². The van der Waals surface area contributed by atoms with Gasteiger partial charge in [-0.15, -0.1) is 11.3 Å². The van der Waals surface area contributed by atoms with E-state index in [0.717, 1.165) is 27.2 Å². The van der Waals surface area contributed by atoms with E-state index in [-0.39, 0.29) is 12.2 Å². The number of thiazole rings is 1. The second-order valence-electron chi connectivity index (χ2n) is 6.73. The number of fused-ring (bicyclic) bond motifs is 1. The summed E-state index contributed by atoms with van der Waals surface area (Å²) < 4.78 is 5.41. The van der Waals surface area contributed by atoms with Gasteiger partial charge < -0.3 is 9.72 Å². The Balaban J connectivity index is 1.44. The maximum absolute atomic E-state index is 12.9. The monoisotopic (exact) mass is 405 g/mol. The molecule has 0 amide bonds. The number of ether oxygens (including phenoxy) is 1. The van der Waals surface area contributed by atoms with Crippen molar-refractivity contribution in [2.45, 2.75) is 26.4 Å². The molecule has 7 heteroatoms. The number of nitrogens with zero attached hydrogens (tertiary/aromatic N) is 2. The topological polar surface area (TPSA) is 84.9 Å². The number of esters is 1. The highest BCUT2D eigenvalue weighted by Crippen LogP contribution is 2.25. The Hall–Kier alpha value is -3.32. The molecule has 0 fully saturated rings. The van der Waals surface area contributed by atoms with Crippen LogP contribution >= 0.6 is 11.3 Å². The van der Waals surface area contributed by atoms with E-state index in [9.17, 15) is 9.59 Å². The van der Waals surface area contributed by atoms with E-state index in [4.69, 9.17) is 4.74 Å². The number of ketones is 1. The van der Waals surface area contributed by atoms with Crippen LogP contribution in [0.15, 0.2) is 54.2 Å². The quantitative estimate of drug-likeness (QED) is 0.381. The minimum absolute atomic E-state index is 0.0151. The van der Waals surface area contributed by atoms with Crippen molar-refractivity contribution < 1.29 is 14.3 Å². The average Bonchev–Trinajstić information content (AvgIpc) is 3.31. The number of nitrogens with one attached hydrogen (secondary N) is 1. The summed E-state index contributed by atoms with van der Waals surface area (Å²) in [5.41, 5.74) is 3.72. The number of Topliss-reactive ketones (excluding diaryl/α,β-unsaturated/α-hetero) is 1. The van der Waals surface area contributed by atoms with E-state index in [2.05, 4.69) is 15.0 Å². The van der Waals surface area contributed by atoms with Gasteiger partial charge in [0.2, 0.25) is 5.78 Å². The van der Waals surface area contributed by atoms with Gasteiger partial charge >= 0.3 is 5.97 Å². The predicted molar refractivity (Wildman–Crippen MR) is 112 cm³/mol. The van der Waals surface area contributed by atoms with Gasteiger partial charge in [-0.25, -0.2) is 4.98 Å². The molecule has 0 saturated carbocycles. The zero-order valence-electron chi connectivity index (χ0n) is 16.0. The number of aromatic nitrogens is 3. The molecule has 6 nitrogen and oxygen atoms in total. The third-order valence-electron chi connectivity index (χ3n) is 4.60. The fourth-order valence-electron chi connectivity index (χ4n) is 3.25. The summed E-state index contributed by atoms with van der Waals surface area (Å²) in [6.07, 6.45) is 2.56. The molecule has 0 radical (unpaired) electrons. The Bertz CT molecular complexity index is 1180. The summed E-state index contributed by atoms with van der Waals surface area (Å²) in [5, 5.41) is 3.44. The molecule has 0 saturated heterocycles. The average molecular weight is 405 g/mol. The second-order valence-corrected chi connectivity index (χ2v) is 7.59. The number of benzene rings is 1. The normalized spacial score (nSPS) is 12.1. The number of carbonyl (C=O) groups is 2. The first-order chi connectivity index (χ1) is 14.0. The summed E-state index contributed by atoms with van der Waals surface area (Å²) in [4.78, 5) is 37.0. The molecule has 3 aromatic heterocycles. The van der Waals surface area contributed by atoms with E-state index in [1.165, 1.54) is 11.3 Å². The fourth-order valence-corrected chi connectivity index (χ4v) is 4.06. The highest BCUT2D eigenvalue weighted by molar-refractivity contribution is 7.13. The van der Waals surface area contributed by atoms with Crippen LogP contribution in [0.25, 0.3) is 21.5 Å². The number of pyridine rings is 1. The lowest BCUT2D eigenvalue weighted by Gasteiger charge is -2.12. The van der Waals surface area contributed by atoms with E-state index in [1.807, 2.05) is 48.7 Å². The van der Waals surface area contributed by atoms with Crippen molar-refractivity contribution in [2.75, 3.05) is 0 Å². The van der Waals surface area contributed by atoms with Gasteiger partial charge in [-0.3, -0.25) is 14.6 Å². The summed E-state index contributed by atoms with van der Waals surface area (Å²) in [5.74, 6) is -0.700. The number of aryl methyl sites for hydroxylation is 1. The maximum Gasteiger partial charge on any atom is 0.312 e. The molecule has 4 aromatic rings. The molecule has 1 aromatic carbocycles. The molecule has 1 N–H and O–H groups in total. The van der Waals surface area contributed by atoms with Crippen LogP contribution in [0.3, 0.4) is 0 Å². The first-order valence-corrected chi connectivity index (χ1v) is 10.1. The Kier molecular flexibility index (Phi) is 5.22. The molecule has 146 valence electrons. The molecule has 0 bridgehead atoms. The van der Waals surface area contributed by atoms with Crippen LogP contribution in [0.5, 0.6) is 0 Å². The van der Waals surface area contributed by atoms with Crippen molar-refractivity contribution in [3.8, 4) is 10.6 Å². The third kappa shape index (κ3) is 3.95. The zero-order valence-corrected chi connectivity index (χ0v) is 16.8. The minimum Gasteiger partial charge on any atom is -0.454 e. The van der Waals surface area contributed by atoms with E-state index in [0.29, 0.717) is 11.3 Å². The molecule has 0 aliphatic heterocycles. The number of hydrogen-bond acceptors (Lipinski definition) is 6. The summed E-state index contributed by atoms with van der Waals surface area (Å²) in [6.45, 7) is 3.45. The van der Waals surface area contributed by atoms with Crippen molar-refractivity contribution in [2.24, 2.45) is 0 Å². The van der Waals surface area contributed by atoms with E-state index in [1.54, 1.807) is 19.3 Å². The molecule has 4 rings (SSSR count). The highest BCUT2D eigenvalue weighted by Gasteiger charge is 2.24. The fraction of sp³-hybridized carbons (Fsp3) is 0.182. The van der Waals surface area contributed by atoms with Crippen LogP contribution in [0, 0.1) is 6.92 Å². The molecule has 1 atom stereocenters. The van der Waals surface area contributed by atoms with Crippen molar-refractivity contribution in [1.82, 2.24) is 15.0 Å². The molecule has 0 spiro atoms. The van der Waals surface area contributed by atoms with Gasteiger partial charge in [-0.2, -0.15) is 0 Å². The van der Waals surface area contributed by atoms with E-state index < -0.39 is 12.1 Å². The Labute approximate surface area is 171 Å². The molecule has 29 heavy (non-hydrogen) atoms. The second kappa shape index (κ2) is 7.97. The summed E-state index contributed by atoms with van der Waals surface area (Å²) in [6, 6.07) is 11.3. The lowest BCUT2D eigenvalue weighted by atomic mass is 10.0. The SMILES string of the molecule is Cc1[nH]c2ccccc2c1C(=O)[C@H](C)OC(=O)Cc1csc(-c2cccnc2)n1.